The summed E-state index contributed by atoms with van der Waals surface area (Å²) >= 11 is 0. The second-order valence-electron chi connectivity index (χ2n) is 6.02. The largest absolute Gasteiger partial charge is 0.478 e. The molecule has 0 amide bonds. The molecule has 124 valence electrons. The first-order chi connectivity index (χ1) is 11.2. The lowest BCUT2D eigenvalue weighted by Gasteiger charge is -2.26. The predicted octanol–water partition coefficient (Wildman–Crippen LogP) is 2.37. The van der Waals surface area contributed by atoms with Crippen LogP contribution >= 0.6 is 0 Å². The molecule has 0 spiro atoms. The molecule has 0 bridgehead atoms. The Kier molecular flexibility index (Phi) is 4.93. The number of fused-ring (bicyclic) bond motifs is 1. The third-order valence-corrected chi connectivity index (χ3v) is 4.41. The molecule has 1 N–H and O–H groups in total. The molecule has 1 aromatic carbocycles. The third kappa shape index (κ3) is 3.54. The van der Waals surface area contributed by atoms with Crippen LogP contribution in [0.4, 0.5) is 0 Å². The molecule has 6 nitrogen and oxygen atoms in total. The van der Waals surface area contributed by atoms with Crippen molar-refractivity contribution in [1.29, 1.82) is 0 Å². The fourth-order valence-corrected chi connectivity index (χ4v) is 3.18. The summed E-state index contributed by atoms with van der Waals surface area (Å²) in [5, 5.41) is 9.22. The normalized spacial score (nSPS) is 16.0. The molecule has 0 saturated carbocycles. The Hall–Kier alpha value is -1.92. The van der Waals surface area contributed by atoms with Crippen molar-refractivity contribution in [3.8, 4) is 0 Å². The van der Waals surface area contributed by atoms with Gasteiger partial charge >= 0.3 is 5.97 Å². The number of ether oxygens (including phenoxy) is 1. The SMILES string of the molecule is COCCn1c(CN2CCCCC2)nc2ccc(C(=O)O)cc21. The van der Waals surface area contributed by atoms with E-state index in [0.29, 0.717) is 18.7 Å². The van der Waals surface area contributed by atoms with Gasteiger partial charge in [-0.15, -0.1) is 0 Å². The maximum absolute atomic E-state index is 11.2. The molecule has 1 aliphatic heterocycles. The maximum Gasteiger partial charge on any atom is 0.335 e. The average molecular weight is 317 g/mol. The van der Waals surface area contributed by atoms with Crippen molar-refractivity contribution in [3.05, 3.63) is 29.6 Å². The summed E-state index contributed by atoms with van der Waals surface area (Å²) in [6.45, 7) is 4.28. The number of benzene rings is 1. The van der Waals surface area contributed by atoms with Crippen LogP contribution in [0.1, 0.15) is 35.4 Å². The van der Waals surface area contributed by atoms with Gasteiger partial charge in [0.2, 0.25) is 0 Å². The highest BCUT2D eigenvalue weighted by atomic mass is 16.5. The zero-order chi connectivity index (χ0) is 16.2. The van der Waals surface area contributed by atoms with Crippen LogP contribution < -0.4 is 0 Å². The van der Waals surface area contributed by atoms with E-state index in [0.717, 1.165) is 36.5 Å². The first kappa shape index (κ1) is 16.0. The van der Waals surface area contributed by atoms with Crippen molar-refractivity contribution < 1.29 is 14.6 Å². The number of aromatic carboxylic acids is 1. The summed E-state index contributed by atoms with van der Waals surface area (Å²) in [6, 6.07) is 5.12. The van der Waals surface area contributed by atoms with Gasteiger partial charge < -0.3 is 14.4 Å². The van der Waals surface area contributed by atoms with Gasteiger partial charge in [0.25, 0.3) is 0 Å². The van der Waals surface area contributed by atoms with Gasteiger partial charge in [-0.05, 0) is 44.1 Å². The Morgan fingerprint density at radius 1 is 1.30 bits per heavy atom. The number of carboxylic acid groups (broad SMARTS) is 1. The van der Waals surface area contributed by atoms with Crippen molar-refractivity contribution in [2.75, 3.05) is 26.8 Å². The van der Waals surface area contributed by atoms with Crippen molar-refractivity contribution in [2.24, 2.45) is 0 Å². The standard InChI is InChI=1S/C17H23N3O3/c1-23-10-9-20-15-11-13(17(21)22)5-6-14(15)18-16(20)12-19-7-3-2-4-8-19/h5-6,11H,2-4,7-10,12H2,1H3,(H,21,22). The summed E-state index contributed by atoms with van der Waals surface area (Å²) < 4.78 is 7.31. The average Bonchev–Trinajstić information content (AvgIpc) is 2.90. The van der Waals surface area contributed by atoms with Crippen LogP contribution in [0.3, 0.4) is 0 Å². The van der Waals surface area contributed by atoms with Gasteiger partial charge in [-0.1, -0.05) is 6.42 Å². The molecule has 6 heteroatoms. The van der Waals surface area contributed by atoms with Crippen LogP contribution in [0.5, 0.6) is 0 Å². The van der Waals surface area contributed by atoms with E-state index in [4.69, 9.17) is 9.72 Å². The number of aromatic nitrogens is 2. The number of likely N-dealkylation sites (tertiary alicyclic amines) is 1. The molecule has 3 rings (SSSR count). The van der Waals surface area contributed by atoms with E-state index in [9.17, 15) is 9.90 Å². The second kappa shape index (κ2) is 7.10. The summed E-state index contributed by atoms with van der Waals surface area (Å²) in [5.41, 5.74) is 2.01. The van der Waals surface area contributed by atoms with Gasteiger partial charge in [-0.3, -0.25) is 4.90 Å². The molecule has 0 aliphatic carbocycles. The first-order valence-corrected chi connectivity index (χ1v) is 8.13. The minimum absolute atomic E-state index is 0.292. The predicted molar refractivity (Wildman–Crippen MR) is 87.7 cm³/mol. The number of piperidine rings is 1. The van der Waals surface area contributed by atoms with E-state index in [-0.39, 0.29) is 0 Å². The Balaban J connectivity index is 1.95. The van der Waals surface area contributed by atoms with E-state index in [1.165, 1.54) is 19.3 Å². The molecule has 1 aliphatic rings. The minimum atomic E-state index is -0.913. The lowest BCUT2D eigenvalue weighted by atomic mass is 10.1. The van der Waals surface area contributed by atoms with E-state index in [1.54, 1.807) is 25.3 Å². The molecule has 1 fully saturated rings. The molecule has 2 aromatic rings. The van der Waals surface area contributed by atoms with Crippen LogP contribution in [0.2, 0.25) is 0 Å². The lowest BCUT2D eigenvalue weighted by Crippen LogP contribution is -2.30. The molecular formula is C17H23N3O3. The molecule has 1 aromatic heterocycles. The highest BCUT2D eigenvalue weighted by Crippen LogP contribution is 2.21. The van der Waals surface area contributed by atoms with Gasteiger partial charge in [0.1, 0.15) is 5.82 Å². The summed E-state index contributed by atoms with van der Waals surface area (Å²) in [6.07, 6.45) is 3.78. The fourth-order valence-electron chi connectivity index (χ4n) is 3.18. The van der Waals surface area contributed by atoms with Crippen molar-refractivity contribution >= 4 is 17.0 Å². The van der Waals surface area contributed by atoms with Crippen molar-refractivity contribution in [2.45, 2.75) is 32.4 Å². The van der Waals surface area contributed by atoms with Crippen LogP contribution in [-0.4, -0.2) is 52.3 Å². The first-order valence-electron chi connectivity index (χ1n) is 8.13. The molecule has 1 saturated heterocycles. The van der Waals surface area contributed by atoms with E-state index >= 15 is 0 Å². The van der Waals surface area contributed by atoms with E-state index < -0.39 is 5.97 Å². The number of rotatable bonds is 6. The number of nitrogens with zero attached hydrogens (tertiary/aromatic N) is 3. The number of carbonyl (C=O) groups is 1. The molecule has 23 heavy (non-hydrogen) atoms. The molecule has 0 unspecified atom stereocenters. The lowest BCUT2D eigenvalue weighted by molar-refractivity contribution is 0.0697. The van der Waals surface area contributed by atoms with Gasteiger partial charge in [0.05, 0.1) is 29.7 Å². The zero-order valence-electron chi connectivity index (χ0n) is 13.5. The molecular weight excluding hydrogens is 294 g/mol. The van der Waals surface area contributed by atoms with Crippen LogP contribution in [-0.2, 0) is 17.8 Å². The number of imidazole rings is 1. The zero-order valence-corrected chi connectivity index (χ0v) is 13.5. The van der Waals surface area contributed by atoms with Gasteiger partial charge in [0.15, 0.2) is 0 Å². The Morgan fingerprint density at radius 3 is 2.78 bits per heavy atom. The number of methoxy groups -OCH3 is 1. The smallest absolute Gasteiger partial charge is 0.335 e. The number of carboxylic acids is 1. The monoisotopic (exact) mass is 317 g/mol. The summed E-state index contributed by atoms with van der Waals surface area (Å²) in [5.74, 6) is 0.0745. The van der Waals surface area contributed by atoms with Crippen molar-refractivity contribution in [1.82, 2.24) is 14.5 Å². The Bertz CT molecular complexity index is 690. The van der Waals surface area contributed by atoms with Crippen LogP contribution in [0, 0.1) is 0 Å². The van der Waals surface area contributed by atoms with Crippen molar-refractivity contribution in [3.63, 3.8) is 0 Å². The second-order valence-corrected chi connectivity index (χ2v) is 6.02. The molecule has 2 heterocycles. The topological polar surface area (TPSA) is 67.6 Å². The van der Waals surface area contributed by atoms with Crippen LogP contribution in [0.25, 0.3) is 11.0 Å². The highest BCUT2D eigenvalue weighted by Gasteiger charge is 2.17. The fraction of sp³-hybridized carbons (Fsp3) is 0.529. The molecule has 0 atom stereocenters. The summed E-state index contributed by atoms with van der Waals surface area (Å²) in [7, 11) is 1.67. The van der Waals surface area contributed by atoms with Gasteiger partial charge in [0, 0.05) is 13.7 Å². The Labute approximate surface area is 135 Å². The van der Waals surface area contributed by atoms with E-state index in [2.05, 4.69) is 9.47 Å². The van der Waals surface area contributed by atoms with Crippen LogP contribution in [0.15, 0.2) is 18.2 Å². The minimum Gasteiger partial charge on any atom is -0.478 e. The molecule has 0 radical (unpaired) electrons. The third-order valence-electron chi connectivity index (χ3n) is 4.41. The number of hydrogen-bond acceptors (Lipinski definition) is 4. The van der Waals surface area contributed by atoms with Gasteiger partial charge in [-0.25, -0.2) is 9.78 Å². The maximum atomic E-state index is 11.2. The summed E-state index contributed by atoms with van der Waals surface area (Å²) in [4.78, 5) is 18.4. The quantitative estimate of drug-likeness (QED) is 0.886. The highest BCUT2D eigenvalue weighted by molar-refractivity contribution is 5.92. The Morgan fingerprint density at radius 2 is 2.09 bits per heavy atom. The van der Waals surface area contributed by atoms with E-state index in [1.807, 2.05) is 0 Å². The number of hydrogen-bond donors (Lipinski definition) is 1. The van der Waals surface area contributed by atoms with Gasteiger partial charge in [-0.2, -0.15) is 0 Å².